The first kappa shape index (κ1) is 15.6. The topological polar surface area (TPSA) is 12.0 Å². The Kier molecular flexibility index (Phi) is 5.39. The molecule has 0 radical (unpaired) electrons. The second-order valence-electron chi connectivity index (χ2n) is 5.22. The minimum Gasteiger partial charge on any atom is -0.314 e. The third-order valence-electron chi connectivity index (χ3n) is 3.26. The molecule has 0 aliphatic rings. The molecule has 2 rings (SSSR count). The first-order valence-electron chi connectivity index (χ1n) is 6.96. The Morgan fingerprint density at radius 3 is 2.24 bits per heavy atom. The zero-order valence-electron chi connectivity index (χ0n) is 11.9. The van der Waals surface area contributed by atoms with E-state index in [1.807, 2.05) is 13.0 Å². The molecule has 4 heteroatoms. The average molecular weight is 293 g/mol. The Hall–Kier alpha value is -1.81. The second-order valence-corrected chi connectivity index (χ2v) is 5.22. The first-order chi connectivity index (χ1) is 10.0. The number of hydrogen-bond donors (Lipinski definition) is 1. The van der Waals surface area contributed by atoms with Gasteiger partial charge in [0.25, 0.3) is 0 Å². The van der Waals surface area contributed by atoms with E-state index in [4.69, 9.17) is 0 Å². The van der Waals surface area contributed by atoms with E-state index in [2.05, 4.69) is 5.32 Å². The SMILES string of the molecule is CC(Cc1cccc(F)c1)NCCc1cc(F)cc(F)c1. The normalized spacial score (nSPS) is 12.4. The van der Waals surface area contributed by atoms with Crippen molar-refractivity contribution in [2.24, 2.45) is 0 Å². The third-order valence-corrected chi connectivity index (χ3v) is 3.26. The number of benzene rings is 2. The van der Waals surface area contributed by atoms with Gasteiger partial charge in [-0.1, -0.05) is 12.1 Å². The van der Waals surface area contributed by atoms with Gasteiger partial charge in [0.15, 0.2) is 0 Å². The molecule has 0 bridgehead atoms. The molecular formula is C17H18F3N. The van der Waals surface area contributed by atoms with Gasteiger partial charge in [0.05, 0.1) is 0 Å². The summed E-state index contributed by atoms with van der Waals surface area (Å²) in [5.41, 5.74) is 1.55. The minimum atomic E-state index is -0.558. The van der Waals surface area contributed by atoms with Crippen molar-refractivity contribution in [2.45, 2.75) is 25.8 Å². The molecule has 1 N–H and O–H groups in total. The van der Waals surface area contributed by atoms with Crippen molar-refractivity contribution in [3.05, 3.63) is 71.0 Å². The lowest BCUT2D eigenvalue weighted by Gasteiger charge is -2.14. The van der Waals surface area contributed by atoms with E-state index < -0.39 is 11.6 Å². The minimum absolute atomic E-state index is 0.158. The van der Waals surface area contributed by atoms with Crippen LogP contribution in [0, 0.1) is 17.5 Å². The molecule has 0 aromatic heterocycles. The maximum atomic E-state index is 13.1. The van der Waals surface area contributed by atoms with Crippen molar-refractivity contribution in [3.63, 3.8) is 0 Å². The van der Waals surface area contributed by atoms with Crippen LogP contribution in [0.4, 0.5) is 13.2 Å². The molecule has 112 valence electrons. The van der Waals surface area contributed by atoms with Gasteiger partial charge in [0.1, 0.15) is 17.5 Å². The first-order valence-corrected chi connectivity index (χ1v) is 6.96. The predicted molar refractivity (Wildman–Crippen MR) is 77.6 cm³/mol. The van der Waals surface area contributed by atoms with Crippen LogP contribution in [0.1, 0.15) is 18.1 Å². The maximum Gasteiger partial charge on any atom is 0.126 e. The van der Waals surface area contributed by atoms with Gasteiger partial charge in [0, 0.05) is 12.1 Å². The van der Waals surface area contributed by atoms with Crippen LogP contribution in [0.15, 0.2) is 42.5 Å². The van der Waals surface area contributed by atoms with Crippen LogP contribution in [0.2, 0.25) is 0 Å². The smallest absolute Gasteiger partial charge is 0.126 e. The number of halogens is 3. The second kappa shape index (κ2) is 7.27. The van der Waals surface area contributed by atoms with Crippen LogP contribution in [-0.4, -0.2) is 12.6 Å². The highest BCUT2D eigenvalue weighted by atomic mass is 19.1. The molecule has 21 heavy (non-hydrogen) atoms. The third kappa shape index (κ3) is 5.23. The molecule has 0 aliphatic heterocycles. The molecule has 0 heterocycles. The van der Waals surface area contributed by atoms with E-state index >= 15 is 0 Å². The number of hydrogen-bond acceptors (Lipinski definition) is 1. The van der Waals surface area contributed by atoms with Gasteiger partial charge in [-0.05, 0) is 61.7 Å². The summed E-state index contributed by atoms with van der Waals surface area (Å²) >= 11 is 0. The highest BCUT2D eigenvalue weighted by molar-refractivity contribution is 5.19. The van der Waals surface area contributed by atoms with Crippen LogP contribution in [0.5, 0.6) is 0 Å². The summed E-state index contributed by atoms with van der Waals surface area (Å²) < 4.78 is 39.2. The fourth-order valence-electron chi connectivity index (χ4n) is 2.31. The molecule has 2 aromatic carbocycles. The van der Waals surface area contributed by atoms with Crippen LogP contribution in [-0.2, 0) is 12.8 Å². The lowest BCUT2D eigenvalue weighted by Crippen LogP contribution is -2.30. The van der Waals surface area contributed by atoms with Gasteiger partial charge in [-0.3, -0.25) is 0 Å². The molecule has 0 aliphatic carbocycles. The standard InChI is InChI=1S/C17H18F3N/c1-12(7-13-3-2-4-15(18)8-13)21-6-5-14-9-16(19)11-17(20)10-14/h2-4,8-12,21H,5-7H2,1H3. The van der Waals surface area contributed by atoms with E-state index in [1.54, 1.807) is 6.07 Å². The Bertz CT molecular complexity index is 578. The summed E-state index contributed by atoms with van der Waals surface area (Å²) in [7, 11) is 0. The summed E-state index contributed by atoms with van der Waals surface area (Å²) in [6.07, 6.45) is 1.25. The lowest BCUT2D eigenvalue weighted by molar-refractivity contribution is 0.541. The zero-order chi connectivity index (χ0) is 15.2. The van der Waals surface area contributed by atoms with Gasteiger partial charge >= 0.3 is 0 Å². The van der Waals surface area contributed by atoms with E-state index in [0.717, 1.165) is 11.6 Å². The van der Waals surface area contributed by atoms with Crippen molar-refractivity contribution in [1.82, 2.24) is 5.32 Å². The Morgan fingerprint density at radius 2 is 1.57 bits per heavy atom. The van der Waals surface area contributed by atoms with Crippen molar-refractivity contribution < 1.29 is 13.2 Å². The Labute approximate surface area is 122 Å². The fourth-order valence-corrected chi connectivity index (χ4v) is 2.31. The molecule has 1 atom stereocenters. The van der Waals surface area contributed by atoms with E-state index in [1.165, 1.54) is 24.3 Å². The highest BCUT2D eigenvalue weighted by Crippen LogP contribution is 2.09. The molecule has 0 amide bonds. The summed E-state index contributed by atoms with van der Waals surface area (Å²) in [5, 5.41) is 3.27. The molecule has 1 unspecified atom stereocenters. The predicted octanol–water partition coefficient (Wildman–Crippen LogP) is 3.87. The Morgan fingerprint density at radius 1 is 0.905 bits per heavy atom. The average Bonchev–Trinajstić information content (AvgIpc) is 2.37. The van der Waals surface area contributed by atoms with Crippen molar-refractivity contribution in [2.75, 3.05) is 6.54 Å². The maximum absolute atomic E-state index is 13.1. The lowest BCUT2D eigenvalue weighted by atomic mass is 10.1. The number of rotatable bonds is 6. The fraction of sp³-hybridized carbons (Fsp3) is 0.294. The molecule has 0 saturated heterocycles. The monoisotopic (exact) mass is 293 g/mol. The quantitative estimate of drug-likeness (QED) is 0.852. The largest absolute Gasteiger partial charge is 0.314 e. The van der Waals surface area contributed by atoms with Gasteiger partial charge in [-0.25, -0.2) is 13.2 Å². The van der Waals surface area contributed by atoms with Gasteiger partial charge in [-0.15, -0.1) is 0 Å². The van der Waals surface area contributed by atoms with Gasteiger partial charge in [0.2, 0.25) is 0 Å². The number of nitrogens with one attached hydrogen (secondary N) is 1. The summed E-state index contributed by atoms with van der Waals surface area (Å²) in [6.45, 7) is 2.61. The van der Waals surface area contributed by atoms with E-state index in [0.29, 0.717) is 24.9 Å². The molecule has 2 aromatic rings. The van der Waals surface area contributed by atoms with Crippen LogP contribution >= 0.6 is 0 Å². The zero-order valence-corrected chi connectivity index (χ0v) is 11.9. The molecule has 0 spiro atoms. The Balaban J connectivity index is 1.80. The summed E-state index contributed by atoms with van der Waals surface area (Å²) in [6, 6.07) is 10.2. The summed E-state index contributed by atoms with van der Waals surface area (Å²) in [4.78, 5) is 0. The van der Waals surface area contributed by atoms with Crippen LogP contribution in [0.3, 0.4) is 0 Å². The van der Waals surface area contributed by atoms with Gasteiger partial charge < -0.3 is 5.32 Å². The highest BCUT2D eigenvalue weighted by Gasteiger charge is 2.05. The van der Waals surface area contributed by atoms with Crippen molar-refractivity contribution in [1.29, 1.82) is 0 Å². The molecular weight excluding hydrogens is 275 g/mol. The molecule has 1 nitrogen and oxygen atoms in total. The molecule has 0 fully saturated rings. The van der Waals surface area contributed by atoms with Gasteiger partial charge in [-0.2, -0.15) is 0 Å². The summed E-state index contributed by atoms with van der Waals surface area (Å²) in [5.74, 6) is -1.36. The van der Waals surface area contributed by atoms with E-state index in [-0.39, 0.29) is 11.9 Å². The van der Waals surface area contributed by atoms with Crippen LogP contribution in [0.25, 0.3) is 0 Å². The van der Waals surface area contributed by atoms with Crippen molar-refractivity contribution >= 4 is 0 Å². The van der Waals surface area contributed by atoms with E-state index in [9.17, 15) is 13.2 Å². The van der Waals surface area contributed by atoms with Crippen molar-refractivity contribution in [3.8, 4) is 0 Å². The van der Waals surface area contributed by atoms with Crippen LogP contribution < -0.4 is 5.32 Å². The molecule has 0 saturated carbocycles.